The maximum atomic E-state index is 5.41. The number of nitrogens with one attached hydrogen (secondary N) is 1. The molecule has 3 rings (SSSR count). The van der Waals surface area contributed by atoms with E-state index in [2.05, 4.69) is 27.1 Å². The summed E-state index contributed by atoms with van der Waals surface area (Å²) in [7, 11) is 5.32. The summed E-state index contributed by atoms with van der Waals surface area (Å²) in [5.74, 6) is 2.47. The third-order valence-electron chi connectivity index (χ3n) is 3.91. The Morgan fingerprint density at radius 3 is 2.50 bits per heavy atom. The maximum Gasteiger partial charge on any atom is 0.130 e. The highest BCUT2D eigenvalue weighted by Gasteiger charge is 2.20. The van der Waals surface area contributed by atoms with Gasteiger partial charge in [-0.25, -0.2) is 4.98 Å². The third-order valence-corrected chi connectivity index (χ3v) is 4.65. The molecular formula is C18H21N3O2S. The third kappa shape index (κ3) is 3.60. The summed E-state index contributed by atoms with van der Waals surface area (Å²) in [6.07, 6.45) is 3.76. The van der Waals surface area contributed by atoms with Crippen molar-refractivity contribution in [3.63, 3.8) is 0 Å². The Morgan fingerprint density at radius 2 is 1.96 bits per heavy atom. The van der Waals surface area contributed by atoms with E-state index in [4.69, 9.17) is 9.47 Å². The second-order valence-electron chi connectivity index (χ2n) is 5.49. The van der Waals surface area contributed by atoms with Crippen LogP contribution in [0.4, 0.5) is 0 Å². The summed E-state index contributed by atoms with van der Waals surface area (Å²) in [5, 5.41) is 7.83. The molecule has 0 saturated heterocycles. The number of methoxy groups -OCH3 is 2. The fourth-order valence-corrected chi connectivity index (χ4v) is 3.29. The Morgan fingerprint density at radius 1 is 1.21 bits per heavy atom. The van der Waals surface area contributed by atoms with Crippen LogP contribution >= 0.6 is 11.3 Å². The van der Waals surface area contributed by atoms with Crippen molar-refractivity contribution in [3.8, 4) is 11.5 Å². The zero-order valence-electron chi connectivity index (χ0n) is 14.0. The normalized spacial score (nSPS) is 12.1. The van der Waals surface area contributed by atoms with Gasteiger partial charge in [0.05, 0.1) is 20.3 Å². The summed E-state index contributed by atoms with van der Waals surface area (Å²) in [6.45, 7) is 0.764. The van der Waals surface area contributed by atoms with Crippen molar-refractivity contribution >= 4 is 11.3 Å². The number of imidazole rings is 1. The summed E-state index contributed by atoms with van der Waals surface area (Å²) >= 11 is 1.70. The van der Waals surface area contributed by atoms with Crippen LogP contribution in [0.25, 0.3) is 0 Å². The minimum Gasteiger partial charge on any atom is -0.497 e. The molecule has 0 radical (unpaired) electrons. The molecule has 0 unspecified atom stereocenters. The first kappa shape index (κ1) is 16.5. The lowest BCUT2D eigenvalue weighted by molar-refractivity contribution is 0.392. The first-order valence-electron chi connectivity index (χ1n) is 7.66. The molecule has 24 heavy (non-hydrogen) atoms. The minimum absolute atomic E-state index is 0.0612. The average molecular weight is 343 g/mol. The minimum atomic E-state index is -0.0612. The van der Waals surface area contributed by atoms with Gasteiger partial charge in [-0.2, -0.15) is 11.3 Å². The summed E-state index contributed by atoms with van der Waals surface area (Å²) in [5.41, 5.74) is 2.31. The van der Waals surface area contributed by atoms with Gasteiger partial charge in [0.1, 0.15) is 17.3 Å². The van der Waals surface area contributed by atoms with Gasteiger partial charge >= 0.3 is 0 Å². The van der Waals surface area contributed by atoms with Gasteiger partial charge in [-0.15, -0.1) is 0 Å². The molecule has 0 bridgehead atoms. The fourth-order valence-electron chi connectivity index (χ4n) is 2.62. The summed E-state index contributed by atoms with van der Waals surface area (Å²) in [6, 6.07) is 7.97. The van der Waals surface area contributed by atoms with E-state index in [-0.39, 0.29) is 6.04 Å². The molecule has 0 spiro atoms. The smallest absolute Gasteiger partial charge is 0.130 e. The van der Waals surface area contributed by atoms with Gasteiger partial charge in [0.15, 0.2) is 0 Å². The van der Waals surface area contributed by atoms with E-state index < -0.39 is 0 Å². The molecule has 0 aliphatic carbocycles. The number of aromatic nitrogens is 2. The van der Waals surface area contributed by atoms with Gasteiger partial charge in [-0.05, 0) is 40.1 Å². The molecule has 1 atom stereocenters. The van der Waals surface area contributed by atoms with Crippen LogP contribution in [0.5, 0.6) is 11.5 Å². The largest absolute Gasteiger partial charge is 0.497 e. The number of rotatable bonds is 7. The van der Waals surface area contributed by atoms with Gasteiger partial charge in [-0.1, -0.05) is 0 Å². The average Bonchev–Trinajstić information content (AvgIpc) is 3.27. The van der Waals surface area contributed by atoms with Crippen LogP contribution in [0.1, 0.15) is 23.0 Å². The van der Waals surface area contributed by atoms with E-state index in [9.17, 15) is 0 Å². The van der Waals surface area contributed by atoms with Crippen LogP contribution < -0.4 is 14.8 Å². The van der Waals surface area contributed by atoms with Crippen molar-refractivity contribution < 1.29 is 9.47 Å². The van der Waals surface area contributed by atoms with Gasteiger partial charge in [0.2, 0.25) is 0 Å². The Hall–Kier alpha value is -2.31. The molecule has 126 valence electrons. The van der Waals surface area contributed by atoms with Crippen molar-refractivity contribution in [2.45, 2.75) is 12.6 Å². The quantitative estimate of drug-likeness (QED) is 0.714. The van der Waals surface area contributed by atoms with Crippen molar-refractivity contribution in [1.82, 2.24) is 14.9 Å². The maximum absolute atomic E-state index is 5.41. The Balaban J connectivity index is 1.96. The molecule has 2 heterocycles. The standard InChI is InChI=1S/C18H21N3O2S/c1-21-6-5-19-18(21)17(20-11-13-4-7-24-12-13)14-8-15(22-2)10-16(9-14)23-3/h4-10,12,17,20H,11H2,1-3H3/t17-/m1/s1. The lowest BCUT2D eigenvalue weighted by Crippen LogP contribution is -2.24. The van der Waals surface area contributed by atoms with E-state index in [1.165, 1.54) is 5.56 Å². The number of thiophene rings is 1. The van der Waals surface area contributed by atoms with E-state index in [0.29, 0.717) is 0 Å². The molecule has 0 aliphatic heterocycles. The van der Waals surface area contributed by atoms with Crippen LogP contribution in [0.2, 0.25) is 0 Å². The first-order valence-corrected chi connectivity index (χ1v) is 8.60. The first-order chi connectivity index (χ1) is 11.7. The highest BCUT2D eigenvalue weighted by atomic mass is 32.1. The van der Waals surface area contributed by atoms with Crippen LogP contribution in [0.3, 0.4) is 0 Å². The van der Waals surface area contributed by atoms with Crippen LogP contribution in [-0.4, -0.2) is 23.8 Å². The molecule has 0 amide bonds. The SMILES string of the molecule is COc1cc(OC)cc([C@@H](NCc2ccsc2)c2nccn2C)c1. The van der Waals surface area contributed by atoms with E-state index in [1.807, 2.05) is 42.2 Å². The Kier molecular flexibility index (Phi) is 5.17. The zero-order valence-corrected chi connectivity index (χ0v) is 14.8. The molecular weight excluding hydrogens is 322 g/mol. The number of aryl methyl sites for hydroxylation is 1. The van der Waals surface area contributed by atoms with Gasteiger partial charge in [-0.3, -0.25) is 5.32 Å². The van der Waals surface area contributed by atoms with E-state index in [1.54, 1.807) is 25.6 Å². The molecule has 5 nitrogen and oxygen atoms in total. The molecule has 0 saturated carbocycles. The van der Waals surface area contributed by atoms with Gasteiger partial charge in [0.25, 0.3) is 0 Å². The molecule has 6 heteroatoms. The number of hydrogen-bond acceptors (Lipinski definition) is 5. The summed E-state index contributed by atoms with van der Waals surface area (Å²) in [4.78, 5) is 4.52. The highest BCUT2D eigenvalue weighted by molar-refractivity contribution is 7.07. The number of nitrogens with zero attached hydrogens (tertiary/aromatic N) is 2. The molecule has 1 aromatic carbocycles. The van der Waals surface area contributed by atoms with Crippen molar-refractivity contribution in [3.05, 3.63) is 64.4 Å². The fraction of sp³-hybridized carbons (Fsp3) is 0.278. The second kappa shape index (κ2) is 7.51. The van der Waals surface area contributed by atoms with Crippen molar-refractivity contribution in [2.75, 3.05) is 14.2 Å². The Labute approximate surface area is 145 Å². The number of benzene rings is 1. The Bertz CT molecular complexity index is 761. The van der Waals surface area contributed by atoms with Crippen molar-refractivity contribution in [2.24, 2.45) is 7.05 Å². The van der Waals surface area contributed by atoms with Crippen molar-refractivity contribution in [1.29, 1.82) is 0 Å². The molecule has 1 N–H and O–H groups in total. The second-order valence-corrected chi connectivity index (χ2v) is 6.27. The summed E-state index contributed by atoms with van der Waals surface area (Å²) < 4.78 is 12.8. The number of hydrogen-bond donors (Lipinski definition) is 1. The molecule has 2 aromatic heterocycles. The highest BCUT2D eigenvalue weighted by Crippen LogP contribution is 2.29. The topological polar surface area (TPSA) is 48.3 Å². The van der Waals surface area contributed by atoms with Gasteiger partial charge in [0, 0.05) is 32.1 Å². The van der Waals surface area contributed by atoms with E-state index >= 15 is 0 Å². The monoisotopic (exact) mass is 343 g/mol. The zero-order chi connectivity index (χ0) is 16.9. The lowest BCUT2D eigenvalue weighted by atomic mass is 10.0. The molecule has 0 fully saturated rings. The van der Waals surface area contributed by atoms with Crippen LogP contribution in [-0.2, 0) is 13.6 Å². The van der Waals surface area contributed by atoms with E-state index in [0.717, 1.165) is 29.4 Å². The predicted molar refractivity (Wildman–Crippen MR) is 95.8 cm³/mol. The van der Waals surface area contributed by atoms with Crippen LogP contribution in [0.15, 0.2) is 47.4 Å². The molecule has 3 aromatic rings. The number of ether oxygens (including phenoxy) is 2. The lowest BCUT2D eigenvalue weighted by Gasteiger charge is -2.20. The van der Waals surface area contributed by atoms with Gasteiger partial charge < -0.3 is 14.0 Å². The predicted octanol–water partition coefficient (Wildman–Crippen LogP) is 3.38. The molecule has 0 aliphatic rings. The van der Waals surface area contributed by atoms with Crippen LogP contribution in [0, 0.1) is 0 Å².